The van der Waals surface area contributed by atoms with E-state index in [1.165, 1.54) is 95.0 Å². The lowest BCUT2D eigenvalue weighted by Crippen LogP contribution is -2.10. The monoisotopic (exact) mass is 636 g/mol. The number of para-hydroxylation sites is 2. The van der Waals surface area contributed by atoms with Crippen molar-refractivity contribution < 1.29 is 4.79 Å². The van der Waals surface area contributed by atoms with Crippen molar-refractivity contribution in [3.05, 3.63) is 108 Å². The van der Waals surface area contributed by atoms with Crippen LogP contribution in [0.3, 0.4) is 0 Å². The van der Waals surface area contributed by atoms with Gasteiger partial charge in [-0.15, -0.1) is 0 Å². The second-order valence-corrected chi connectivity index (χ2v) is 13.7. The number of allylic oxidation sites excluding steroid dienone is 2. The van der Waals surface area contributed by atoms with Crippen molar-refractivity contribution in [2.24, 2.45) is 11.8 Å². The molecule has 0 amide bonds. The summed E-state index contributed by atoms with van der Waals surface area (Å²) in [7, 11) is 0. The van der Waals surface area contributed by atoms with Crippen molar-refractivity contribution in [3.63, 3.8) is 0 Å². The number of hydrogen-bond donors (Lipinski definition) is 0. The first-order valence-corrected chi connectivity index (χ1v) is 18.5. The summed E-state index contributed by atoms with van der Waals surface area (Å²) in [5, 5.41) is 5.07. The second-order valence-electron chi connectivity index (χ2n) is 13.7. The maximum absolute atomic E-state index is 13.0. The largest absolute Gasteiger partial charge is 0.340 e. The van der Waals surface area contributed by atoms with Gasteiger partial charge >= 0.3 is 0 Å². The van der Waals surface area contributed by atoms with Gasteiger partial charge < -0.3 is 9.13 Å². The summed E-state index contributed by atoms with van der Waals surface area (Å²) in [6.45, 7) is 11.3. The van der Waals surface area contributed by atoms with Crippen LogP contribution in [0.5, 0.6) is 0 Å². The summed E-state index contributed by atoms with van der Waals surface area (Å²) >= 11 is 0. The first-order chi connectivity index (χ1) is 23.5. The van der Waals surface area contributed by atoms with Crippen molar-refractivity contribution in [2.45, 2.75) is 92.2 Å². The Kier molecular flexibility index (Phi) is 11.0. The number of ketones is 1. The molecule has 0 radical (unpaired) electrons. The fourth-order valence-electron chi connectivity index (χ4n) is 7.51. The topological polar surface area (TPSA) is 26.9 Å². The van der Waals surface area contributed by atoms with E-state index in [2.05, 4.69) is 122 Å². The lowest BCUT2D eigenvalue weighted by Gasteiger charge is -2.17. The molecule has 6 aromatic rings. The van der Waals surface area contributed by atoms with Crippen LogP contribution >= 0.6 is 0 Å². The lowest BCUT2D eigenvalue weighted by atomic mass is 9.99. The van der Waals surface area contributed by atoms with Gasteiger partial charge in [0.1, 0.15) is 0 Å². The molecule has 2 unspecified atom stereocenters. The second kappa shape index (κ2) is 15.7. The number of fused-ring (bicyclic) bond motifs is 6. The van der Waals surface area contributed by atoms with Crippen LogP contribution in [-0.2, 0) is 17.9 Å². The maximum atomic E-state index is 13.0. The van der Waals surface area contributed by atoms with Crippen LogP contribution < -0.4 is 0 Å². The number of hydrogen-bond acceptors (Lipinski definition) is 1. The van der Waals surface area contributed by atoms with Gasteiger partial charge in [0.25, 0.3) is 0 Å². The standard InChI is InChI=1S/C45H52N2O/c1-5-9-15-33(7-3)31-46-42-19-13-11-17-38(42)40-29-35(23-27-44(40)46)21-25-37(48)26-22-36-24-28-45-41(30-36)39-18-12-14-20-43(39)47(45)32-34(8-4)16-10-6-2/h11-14,17-30,33-34H,5-10,15-16,31-32H2,1-4H3/b25-21+,26-22+. The van der Waals surface area contributed by atoms with E-state index in [1.807, 2.05) is 12.2 Å². The highest BCUT2D eigenvalue weighted by Crippen LogP contribution is 2.33. The number of unbranched alkanes of at least 4 members (excludes halogenated alkanes) is 2. The highest BCUT2D eigenvalue weighted by molar-refractivity contribution is 6.10. The summed E-state index contributed by atoms with van der Waals surface area (Å²) in [5.74, 6) is 1.34. The third-order valence-corrected chi connectivity index (χ3v) is 10.4. The predicted octanol–water partition coefficient (Wildman–Crippen LogP) is 12.6. The molecule has 3 heteroatoms. The zero-order valence-electron chi connectivity index (χ0n) is 29.4. The van der Waals surface area contributed by atoms with Crippen LogP contribution in [0.1, 0.15) is 90.2 Å². The van der Waals surface area contributed by atoms with Crippen LogP contribution in [0.25, 0.3) is 55.8 Å². The van der Waals surface area contributed by atoms with Gasteiger partial charge in [0.15, 0.2) is 5.78 Å². The molecule has 6 rings (SSSR count). The molecule has 0 N–H and O–H groups in total. The molecule has 0 spiro atoms. The summed E-state index contributed by atoms with van der Waals surface area (Å²) in [6, 6.07) is 30.7. The molecular formula is C45H52N2O. The number of rotatable bonds is 16. The molecule has 2 aromatic heterocycles. The fraction of sp³-hybridized carbons (Fsp3) is 0.356. The van der Waals surface area contributed by atoms with Crippen molar-refractivity contribution in [1.82, 2.24) is 9.13 Å². The molecule has 0 saturated heterocycles. The van der Waals surface area contributed by atoms with Crippen LogP contribution in [0, 0.1) is 11.8 Å². The Labute approximate surface area is 286 Å². The molecular weight excluding hydrogens is 585 g/mol. The van der Waals surface area contributed by atoms with Crippen molar-refractivity contribution in [2.75, 3.05) is 0 Å². The molecule has 0 fully saturated rings. The zero-order chi connectivity index (χ0) is 33.5. The Hall–Kier alpha value is -4.37. The summed E-state index contributed by atoms with van der Waals surface area (Å²) < 4.78 is 5.03. The van der Waals surface area contributed by atoms with Crippen LogP contribution in [0.15, 0.2) is 97.1 Å². The number of benzene rings is 4. The van der Waals surface area contributed by atoms with Gasteiger partial charge in [-0.3, -0.25) is 4.79 Å². The third kappa shape index (κ3) is 7.21. The van der Waals surface area contributed by atoms with Crippen LogP contribution in [-0.4, -0.2) is 14.9 Å². The number of carbonyl (C=O) groups excluding carboxylic acids is 1. The van der Waals surface area contributed by atoms with E-state index in [0.717, 1.165) is 24.2 Å². The van der Waals surface area contributed by atoms with E-state index in [4.69, 9.17) is 0 Å². The smallest absolute Gasteiger partial charge is 0.178 e. The first-order valence-electron chi connectivity index (χ1n) is 18.5. The quantitative estimate of drug-likeness (QED) is 0.0971. The van der Waals surface area contributed by atoms with E-state index in [9.17, 15) is 4.79 Å². The molecule has 0 saturated carbocycles. The van der Waals surface area contributed by atoms with E-state index >= 15 is 0 Å². The van der Waals surface area contributed by atoms with Crippen molar-refractivity contribution >= 4 is 61.5 Å². The number of nitrogens with zero attached hydrogens (tertiary/aromatic N) is 2. The lowest BCUT2D eigenvalue weighted by molar-refractivity contribution is -0.110. The molecule has 3 nitrogen and oxygen atoms in total. The van der Waals surface area contributed by atoms with Crippen LogP contribution in [0.2, 0.25) is 0 Å². The fourth-order valence-corrected chi connectivity index (χ4v) is 7.51. The molecule has 0 aliphatic heterocycles. The van der Waals surface area contributed by atoms with Gasteiger partial charge in [-0.25, -0.2) is 0 Å². The summed E-state index contributed by atoms with van der Waals surface area (Å²) in [6.07, 6.45) is 17.3. The minimum Gasteiger partial charge on any atom is -0.340 e. The number of carbonyl (C=O) groups is 1. The van der Waals surface area contributed by atoms with Gasteiger partial charge in [-0.05, 0) is 84.4 Å². The number of aromatic nitrogens is 2. The zero-order valence-corrected chi connectivity index (χ0v) is 29.4. The van der Waals surface area contributed by atoms with E-state index in [0.29, 0.717) is 11.8 Å². The molecule has 48 heavy (non-hydrogen) atoms. The van der Waals surface area contributed by atoms with Gasteiger partial charge in [0.2, 0.25) is 0 Å². The normalized spacial score (nSPS) is 13.6. The molecule has 2 atom stereocenters. The highest BCUT2D eigenvalue weighted by Gasteiger charge is 2.16. The van der Waals surface area contributed by atoms with Gasteiger partial charge in [0, 0.05) is 56.7 Å². The Morgan fingerprint density at radius 2 is 0.979 bits per heavy atom. The average Bonchev–Trinajstić information content (AvgIpc) is 3.61. The van der Waals surface area contributed by atoms with Crippen LogP contribution in [0.4, 0.5) is 0 Å². The Morgan fingerprint density at radius 3 is 1.40 bits per heavy atom. The average molecular weight is 637 g/mol. The van der Waals surface area contributed by atoms with Gasteiger partial charge in [0.05, 0.1) is 0 Å². The molecule has 248 valence electrons. The summed E-state index contributed by atoms with van der Waals surface area (Å²) in [5.41, 5.74) is 7.23. The minimum atomic E-state index is -0.0107. The maximum Gasteiger partial charge on any atom is 0.178 e. The predicted molar refractivity (Wildman–Crippen MR) is 209 cm³/mol. The Morgan fingerprint density at radius 1 is 0.562 bits per heavy atom. The third-order valence-electron chi connectivity index (χ3n) is 10.4. The Bertz CT molecular complexity index is 1920. The first kappa shape index (κ1) is 33.5. The summed E-state index contributed by atoms with van der Waals surface area (Å²) in [4.78, 5) is 13.0. The Balaban J connectivity index is 1.22. The molecule has 4 aromatic carbocycles. The highest BCUT2D eigenvalue weighted by atomic mass is 16.1. The van der Waals surface area contributed by atoms with Crippen molar-refractivity contribution in [3.8, 4) is 0 Å². The molecule has 0 aliphatic carbocycles. The van der Waals surface area contributed by atoms with E-state index < -0.39 is 0 Å². The minimum absolute atomic E-state index is 0.0107. The van der Waals surface area contributed by atoms with E-state index in [1.54, 1.807) is 12.2 Å². The van der Waals surface area contributed by atoms with Crippen molar-refractivity contribution in [1.29, 1.82) is 0 Å². The SMILES string of the molecule is CCCCC(CC)Cn1c2ccccc2c2cc(/C=C/C(=O)/C=C/c3ccc4c(c3)c3ccccc3n4CC(CC)CCCC)ccc21. The molecule has 0 aliphatic rings. The van der Waals surface area contributed by atoms with Gasteiger partial charge in [-0.2, -0.15) is 0 Å². The molecule has 2 heterocycles. The van der Waals surface area contributed by atoms with E-state index in [-0.39, 0.29) is 5.78 Å². The molecule has 0 bridgehead atoms. The van der Waals surface area contributed by atoms with Gasteiger partial charge in [-0.1, -0.05) is 127 Å².